The lowest BCUT2D eigenvalue weighted by Crippen LogP contribution is -2.62. The fourth-order valence-electron chi connectivity index (χ4n) is 11.7. The fraction of sp³-hybridized carbons (Fsp3) is 0.459. The summed E-state index contributed by atoms with van der Waals surface area (Å²) >= 11 is 6.23. The number of amides is 12. The highest BCUT2D eigenvalue weighted by Crippen LogP contribution is 2.23. The SMILES string of the molecule is CC(=O)N[C@H](Cc1ccc2ccccc2c1)C(=O)N[C@H](Cc1ccc(Cl)cc1)C(=O)N[C@H](Cc1cccnc1)C(=O)N[C@@H](CO)C(=O)N(C)[C@@H](Cc1ccc(O)cc1)C(=O)N[C@H](CC(N)=O)C(=O)N[C@@H](CC(C)C)C(=O)N[C@@H](CCCCNC(C)C)C(=O)N1CCC[C@H]1C(=O)N[C@H](C)C(N)=O.CC(=O)O. The van der Waals surface area contributed by atoms with E-state index in [9.17, 15) is 67.7 Å². The van der Waals surface area contributed by atoms with E-state index in [1.807, 2.05) is 56.3 Å². The maximum absolute atomic E-state index is 14.9. The lowest BCUT2D eigenvalue weighted by Gasteiger charge is -2.32. The van der Waals surface area contributed by atoms with E-state index in [4.69, 9.17) is 33.0 Å². The van der Waals surface area contributed by atoms with Gasteiger partial charge in [-0.25, -0.2) is 0 Å². The van der Waals surface area contributed by atoms with Crippen molar-refractivity contribution in [3.8, 4) is 5.75 Å². The average molecular weight is 1480 g/mol. The molecule has 1 saturated heterocycles. The van der Waals surface area contributed by atoms with Crippen LogP contribution < -0.4 is 59.3 Å². The minimum absolute atomic E-state index is 0.0240. The van der Waals surface area contributed by atoms with E-state index in [0.29, 0.717) is 53.1 Å². The number of carbonyl (C=O) groups is 13. The number of phenols is 1. The lowest BCUT2D eigenvalue weighted by molar-refractivity contribution is -0.144. The third-order valence-electron chi connectivity index (χ3n) is 17.1. The summed E-state index contributed by atoms with van der Waals surface area (Å²) in [6.45, 7) is 10.9. The molecule has 5 aromatic rings. The Bertz CT molecular complexity index is 3810. The van der Waals surface area contributed by atoms with Crippen molar-refractivity contribution in [2.45, 2.75) is 186 Å². The summed E-state index contributed by atoms with van der Waals surface area (Å²) in [6, 6.07) is 14.5. The minimum atomic E-state index is -1.85. The van der Waals surface area contributed by atoms with Crippen molar-refractivity contribution in [2.24, 2.45) is 17.4 Å². The Morgan fingerprint density at radius 1 is 0.600 bits per heavy atom. The van der Waals surface area contributed by atoms with Crippen LogP contribution in [0.1, 0.15) is 116 Å². The van der Waals surface area contributed by atoms with Gasteiger partial charge in [0.1, 0.15) is 66.2 Å². The van der Waals surface area contributed by atoms with Crippen LogP contribution in [0.15, 0.2) is 116 Å². The molecule has 0 radical (unpaired) electrons. The number of benzene rings is 4. The number of halogens is 1. The molecule has 1 fully saturated rings. The molecule has 30 nitrogen and oxygen atoms in total. The molecular weight excluding hydrogens is 1380 g/mol. The number of hydrogen-bond acceptors (Lipinski definition) is 17. The number of primary amides is 2. The predicted molar refractivity (Wildman–Crippen MR) is 390 cm³/mol. The Morgan fingerprint density at radius 2 is 1.12 bits per heavy atom. The largest absolute Gasteiger partial charge is 0.508 e. The summed E-state index contributed by atoms with van der Waals surface area (Å²) in [5.41, 5.74) is 13.1. The Labute approximate surface area is 615 Å². The van der Waals surface area contributed by atoms with Gasteiger partial charge in [0.05, 0.1) is 13.0 Å². The van der Waals surface area contributed by atoms with Crippen LogP contribution in [0.2, 0.25) is 5.02 Å². The number of fused-ring (bicyclic) bond motifs is 1. The molecule has 1 aliphatic rings. The number of aliphatic hydroxyl groups excluding tert-OH is 1. The van der Waals surface area contributed by atoms with Gasteiger partial charge < -0.3 is 84.4 Å². The standard InChI is InChI=1S/C72H95ClN14O14.C2H4O2/c1-41(2)32-54(64(93)80-53(17-10-11-30-77-42(3)4)72(101)87-31-13-18-60(87)69(98)78-43(5)63(75)92)81-68(97)58(38-62(74)91)84-70(99)61(37-46-22-27-52(90)28-23-46)86(7)71(100)59(40-88)85-67(96)57(36-48-14-12-29-76-39-48)83-66(95)56(34-45-20-25-51(73)26-21-45)82-65(94)55(79-44(6)89)35-47-19-24-49-15-8-9-16-50(49)33-47;1-2(3)4/h8-9,12,14-16,19-29,33,39,41-43,53-61,77,88,90H,10-11,13,17-18,30-32,34-38,40H2,1-7H3,(H2,74,91)(H2,75,92)(H,78,98)(H,79,89)(H,80,93)(H,81,97)(H,82,94)(H,83,95)(H,84,99)(H,85,96);1H3,(H,3,4)/t43-,53+,54+,55-,56-,57-,58-,59+,60+,61+;/m1./s1. The van der Waals surface area contributed by atoms with Crippen molar-refractivity contribution in [1.82, 2.24) is 62.6 Å². The topological polar surface area (TPSA) is 462 Å². The molecule has 0 saturated carbocycles. The van der Waals surface area contributed by atoms with Crippen LogP contribution >= 0.6 is 11.6 Å². The van der Waals surface area contributed by atoms with Gasteiger partial charge in [0.2, 0.25) is 70.9 Å². The zero-order valence-electron chi connectivity index (χ0n) is 60.3. The Morgan fingerprint density at radius 3 is 1.70 bits per heavy atom. The number of phenolic OH excluding ortho intramolecular Hbond substituents is 1. The third kappa shape index (κ3) is 28.5. The Kier molecular flexibility index (Phi) is 34.2. The number of aliphatic hydroxyl groups is 1. The first-order chi connectivity index (χ1) is 49.7. The van der Waals surface area contributed by atoms with Gasteiger partial charge in [-0.2, -0.15) is 0 Å². The second kappa shape index (κ2) is 42.2. The molecular formula is C74H99ClN14O16. The number of aliphatic carboxylic acids is 1. The number of carboxylic acids is 1. The van der Waals surface area contributed by atoms with Crippen LogP contribution in [0.5, 0.6) is 5.75 Å². The minimum Gasteiger partial charge on any atom is -0.508 e. The summed E-state index contributed by atoms with van der Waals surface area (Å²) in [5, 5.41) is 55.3. The molecule has 31 heteroatoms. The first kappa shape index (κ1) is 85.1. The Balaban J connectivity index is 0.00000482. The monoisotopic (exact) mass is 1470 g/mol. The average Bonchev–Trinajstić information content (AvgIpc) is 1.82. The van der Waals surface area contributed by atoms with Gasteiger partial charge in [0.25, 0.3) is 5.97 Å². The normalized spacial score (nSPS) is 15.1. The second-order valence-corrected chi connectivity index (χ2v) is 27.1. The molecule has 568 valence electrons. The van der Waals surface area contributed by atoms with Gasteiger partial charge in [-0.3, -0.25) is 67.3 Å². The van der Waals surface area contributed by atoms with Gasteiger partial charge in [-0.1, -0.05) is 112 Å². The van der Waals surface area contributed by atoms with Crippen molar-refractivity contribution in [1.29, 1.82) is 0 Å². The van der Waals surface area contributed by atoms with E-state index in [-0.39, 0.29) is 69.2 Å². The fourth-order valence-corrected chi connectivity index (χ4v) is 11.8. The van der Waals surface area contributed by atoms with E-state index in [1.165, 1.54) is 62.5 Å². The summed E-state index contributed by atoms with van der Waals surface area (Å²) in [5.74, 6) is -11.4. The van der Waals surface area contributed by atoms with Gasteiger partial charge in [-0.05, 0) is 121 Å². The lowest BCUT2D eigenvalue weighted by atomic mass is 9.99. The predicted octanol–water partition coefficient (Wildman–Crippen LogP) is 1.26. The van der Waals surface area contributed by atoms with Crippen molar-refractivity contribution in [2.75, 3.05) is 26.7 Å². The van der Waals surface area contributed by atoms with Gasteiger partial charge in [-0.15, -0.1) is 0 Å². The molecule has 6 rings (SSSR count). The number of nitrogens with zero attached hydrogens (tertiary/aromatic N) is 3. The number of aromatic hydroxyl groups is 1. The van der Waals surface area contributed by atoms with E-state index < -0.39 is 150 Å². The number of nitrogens with two attached hydrogens (primary N) is 2. The van der Waals surface area contributed by atoms with Crippen molar-refractivity contribution in [3.05, 3.63) is 143 Å². The van der Waals surface area contributed by atoms with Crippen molar-refractivity contribution >= 4 is 99.2 Å². The molecule has 0 unspecified atom stereocenters. The molecule has 0 aliphatic carbocycles. The molecule has 0 spiro atoms. The molecule has 10 atom stereocenters. The van der Waals surface area contributed by atoms with Crippen molar-refractivity contribution in [3.63, 3.8) is 0 Å². The number of pyridine rings is 1. The maximum atomic E-state index is 14.9. The first-order valence-electron chi connectivity index (χ1n) is 34.7. The number of carboxylic acid groups (broad SMARTS) is 1. The van der Waals surface area contributed by atoms with E-state index >= 15 is 0 Å². The molecule has 2 heterocycles. The van der Waals surface area contributed by atoms with E-state index in [0.717, 1.165) is 22.6 Å². The van der Waals surface area contributed by atoms with E-state index in [2.05, 4.69) is 52.8 Å². The van der Waals surface area contributed by atoms with Gasteiger partial charge in [0.15, 0.2) is 0 Å². The van der Waals surface area contributed by atoms with Crippen LogP contribution in [0, 0.1) is 5.92 Å². The molecule has 1 aromatic heterocycles. The zero-order chi connectivity index (χ0) is 77.6. The van der Waals surface area contributed by atoms with Crippen LogP contribution in [0.4, 0.5) is 0 Å². The highest BCUT2D eigenvalue weighted by atomic mass is 35.5. The highest BCUT2D eigenvalue weighted by Gasteiger charge is 2.41. The Hall–Kier alpha value is -10.6. The number of hydrogen-bond donors (Lipinski definition) is 14. The number of rotatable bonds is 38. The molecule has 0 bridgehead atoms. The molecule has 12 amide bonds. The maximum Gasteiger partial charge on any atom is 0.300 e. The number of likely N-dealkylation sites (tertiary alicyclic amines) is 1. The number of likely N-dealkylation sites (N-methyl/N-ethyl adjacent to an activating group) is 1. The molecule has 105 heavy (non-hydrogen) atoms. The third-order valence-corrected chi connectivity index (χ3v) is 17.4. The number of carbonyl (C=O) groups excluding carboxylic acids is 12. The highest BCUT2D eigenvalue weighted by molar-refractivity contribution is 6.30. The molecule has 1 aliphatic heterocycles. The summed E-state index contributed by atoms with van der Waals surface area (Å²) in [4.78, 5) is 184. The summed E-state index contributed by atoms with van der Waals surface area (Å²) in [6.07, 6.45) is 3.23. The van der Waals surface area contributed by atoms with Gasteiger partial charge in [0, 0.05) is 76.6 Å². The van der Waals surface area contributed by atoms with Gasteiger partial charge >= 0.3 is 0 Å². The van der Waals surface area contributed by atoms with Crippen LogP contribution in [-0.4, -0.2) is 200 Å². The van der Waals surface area contributed by atoms with Crippen molar-refractivity contribution < 1.29 is 77.6 Å². The summed E-state index contributed by atoms with van der Waals surface area (Å²) in [7, 11) is 1.18. The van der Waals surface area contributed by atoms with Crippen LogP contribution in [-0.2, 0) is 88.0 Å². The number of aromatic nitrogens is 1. The van der Waals surface area contributed by atoms with Crippen LogP contribution in [0.25, 0.3) is 10.8 Å². The summed E-state index contributed by atoms with van der Waals surface area (Å²) < 4.78 is 0. The first-order valence-corrected chi connectivity index (χ1v) is 35.1. The quantitative estimate of drug-likeness (QED) is 0.0247. The second-order valence-electron chi connectivity index (χ2n) is 26.7. The molecule has 4 aromatic carbocycles. The van der Waals surface area contributed by atoms with E-state index in [1.54, 1.807) is 50.2 Å². The number of unbranched alkanes of at least 4 members (excludes halogenated alkanes) is 1. The number of nitrogens with one attached hydrogen (secondary N) is 9. The van der Waals surface area contributed by atoms with Crippen LogP contribution in [0.3, 0.4) is 0 Å². The molecule has 16 N–H and O–H groups in total. The smallest absolute Gasteiger partial charge is 0.300 e. The zero-order valence-corrected chi connectivity index (χ0v) is 61.1.